The second kappa shape index (κ2) is 13.3. The van der Waals surface area contributed by atoms with Gasteiger partial charge in [0.15, 0.2) is 0 Å². The molecule has 1 heteroatoms. The van der Waals surface area contributed by atoms with Crippen molar-refractivity contribution in [2.24, 2.45) is 5.92 Å². The van der Waals surface area contributed by atoms with Crippen LogP contribution in [0.1, 0.15) is 50.9 Å². The van der Waals surface area contributed by atoms with Crippen LogP contribution in [0.2, 0.25) is 0 Å². The molecule has 0 heterocycles. The highest BCUT2D eigenvalue weighted by Crippen LogP contribution is 2.66. The molecule has 0 amide bonds. The van der Waals surface area contributed by atoms with Gasteiger partial charge in [-0.25, -0.2) is 0 Å². The molecule has 0 aromatic heterocycles. The normalized spacial score (nSPS) is 19.4. The molecule has 3 aliphatic rings. The van der Waals surface area contributed by atoms with Gasteiger partial charge in [0, 0.05) is 0 Å². The molecule has 3 atom stereocenters. The van der Waals surface area contributed by atoms with E-state index in [0.717, 1.165) is 12.0 Å². The Morgan fingerprint density at radius 3 is 1.70 bits per heavy atom. The molecular formula is C59H39N. The maximum absolute atomic E-state index is 9.61. The minimum Gasteiger partial charge on any atom is -0.192 e. The summed E-state index contributed by atoms with van der Waals surface area (Å²) < 4.78 is 0. The maximum Gasteiger partial charge on any atom is 0.0991 e. The van der Waals surface area contributed by atoms with Crippen molar-refractivity contribution in [2.45, 2.75) is 17.3 Å². The van der Waals surface area contributed by atoms with Crippen molar-refractivity contribution in [1.29, 1.82) is 5.26 Å². The number of nitrogens with zero attached hydrogens (tertiary/aromatic N) is 1. The standard InChI is InChI=1S/C59H39N/c60-38-39-33-35-40(36-34-39)55-46-24-7-9-26-48(46)56(49-27-10-8-25-47(49)55)41-17-15-22-44(37-41)58(42-18-3-1-4-19-42)52-30-13-14-31-53(52)59(43-20-5-2-6-21-43)51-29-12-11-23-45(51)50-28-16-32-54(58)57(50)59/h1-18,20-37,42H,19H2. The van der Waals surface area contributed by atoms with Gasteiger partial charge in [0.1, 0.15) is 0 Å². The van der Waals surface area contributed by atoms with Gasteiger partial charge >= 0.3 is 0 Å². The van der Waals surface area contributed by atoms with Crippen LogP contribution in [-0.4, -0.2) is 0 Å². The number of fused-ring (bicyclic) bond motifs is 7. The van der Waals surface area contributed by atoms with Crippen molar-refractivity contribution in [1.82, 2.24) is 0 Å². The first-order chi connectivity index (χ1) is 29.7. The van der Waals surface area contributed by atoms with Gasteiger partial charge in [-0.15, -0.1) is 0 Å². The summed E-state index contributed by atoms with van der Waals surface area (Å²) in [5.41, 5.74) is 16.5. The van der Waals surface area contributed by atoms with Crippen LogP contribution in [0.5, 0.6) is 0 Å². The molecule has 0 fully saturated rings. The molecule has 280 valence electrons. The van der Waals surface area contributed by atoms with Crippen LogP contribution < -0.4 is 0 Å². The maximum atomic E-state index is 9.61. The summed E-state index contributed by atoms with van der Waals surface area (Å²) >= 11 is 0. The molecule has 0 saturated carbocycles. The zero-order chi connectivity index (χ0) is 39.8. The van der Waals surface area contributed by atoms with E-state index in [1.54, 1.807) is 0 Å². The van der Waals surface area contributed by atoms with Crippen molar-refractivity contribution < 1.29 is 0 Å². The number of rotatable bonds is 5. The van der Waals surface area contributed by atoms with Gasteiger partial charge in [-0.1, -0.05) is 200 Å². The van der Waals surface area contributed by atoms with Crippen LogP contribution in [0.25, 0.3) is 54.9 Å². The van der Waals surface area contributed by atoms with Gasteiger partial charge in [-0.2, -0.15) is 5.26 Å². The first-order valence-electron chi connectivity index (χ1n) is 21.0. The summed E-state index contributed by atoms with van der Waals surface area (Å²) in [5.74, 6) is 0.162. The van der Waals surface area contributed by atoms with Crippen LogP contribution in [-0.2, 0) is 10.8 Å². The Labute approximate surface area is 350 Å². The van der Waals surface area contributed by atoms with Crippen LogP contribution in [0.3, 0.4) is 0 Å². The topological polar surface area (TPSA) is 23.8 Å². The average molecular weight is 762 g/mol. The lowest BCUT2D eigenvalue weighted by Crippen LogP contribution is -2.47. The van der Waals surface area contributed by atoms with Crippen LogP contribution >= 0.6 is 0 Å². The first-order valence-corrected chi connectivity index (χ1v) is 21.0. The van der Waals surface area contributed by atoms with E-state index in [-0.39, 0.29) is 5.92 Å². The molecule has 60 heavy (non-hydrogen) atoms. The van der Waals surface area contributed by atoms with E-state index in [4.69, 9.17) is 0 Å². The molecule has 0 aliphatic heterocycles. The Hall–Kier alpha value is -7.53. The molecule has 12 rings (SSSR count). The van der Waals surface area contributed by atoms with Crippen molar-refractivity contribution in [2.75, 3.05) is 0 Å². The van der Waals surface area contributed by atoms with E-state index in [1.807, 2.05) is 12.1 Å². The lowest BCUT2D eigenvalue weighted by Gasteiger charge is -2.52. The fourth-order valence-corrected chi connectivity index (χ4v) is 11.6. The SMILES string of the molecule is N#Cc1ccc(-c2c3ccccc3c(-c3cccc(C4(C5C=CC=CC5)c5ccccc5C5(c6ccccc6)c6ccccc6-c6cccc4c65)c3)c3ccccc23)cc1. The minimum absolute atomic E-state index is 0.162. The largest absolute Gasteiger partial charge is 0.192 e. The van der Waals surface area contributed by atoms with Gasteiger partial charge < -0.3 is 0 Å². The summed E-state index contributed by atoms with van der Waals surface area (Å²) in [4.78, 5) is 0. The molecule has 0 radical (unpaired) electrons. The number of benzene rings is 9. The third-order valence-electron chi connectivity index (χ3n) is 13.8. The number of allylic oxidation sites excluding steroid dienone is 4. The summed E-state index contributed by atoms with van der Waals surface area (Å²) in [7, 11) is 0. The van der Waals surface area contributed by atoms with Gasteiger partial charge in [0.05, 0.1) is 22.5 Å². The molecule has 0 N–H and O–H groups in total. The Balaban J connectivity index is 1.19. The Morgan fingerprint density at radius 2 is 1.02 bits per heavy atom. The zero-order valence-electron chi connectivity index (χ0n) is 33.0. The summed E-state index contributed by atoms with van der Waals surface area (Å²) in [6.45, 7) is 0. The van der Waals surface area contributed by atoms with Crippen molar-refractivity contribution in [3.05, 3.63) is 263 Å². The van der Waals surface area contributed by atoms with Crippen LogP contribution in [0.15, 0.2) is 218 Å². The van der Waals surface area contributed by atoms with E-state index < -0.39 is 10.8 Å². The number of hydrogen-bond donors (Lipinski definition) is 0. The minimum atomic E-state index is -0.506. The lowest BCUT2D eigenvalue weighted by atomic mass is 9.49. The summed E-state index contributed by atoms with van der Waals surface area (Å²) in [5, 5.41) is 14.4. The summed E-state index contributed by atoms with van der Waals surface area (Å²) in [6.07, 6.45) is 10.2. The molecule has 1 nitrogen and oxygen atoms in total. The summed E-state index contributed by atoms with van der Waals surface area (Å²) in [6, 6.07) is 74.5. The number of nitriles is 1. The Kier molecular flexibility index (Phi) is 7.62. The van der Waals surface area contributed by atoms with E-state index in [9.17, 15) is 5.26 Å². The number of hydrogen-bond acceptors (Lipinski definition) is 1. The monoisotopic (exact) mass is 761 g/mol. The third-order valence-corrected chi connectivity index (χ3v) is 13.8. The van der Waals surface area contributed by atoms with Gasteiger partial charge in [0.2, 0.25) is 0 Å². The van der Waals surface area contributed by atoms with Crippen molar-refractivity contribution in [3.8, 4) is 39.4 Å². The van der Waals surface area contributed by atoms with E-state index in [1.165, 1.54) is 88.3 Å². The smallest absolute Gasteiger partial charge is 0.0991 e. The fourth-order valence-electron chi connectivity index (χ4n) is 11.6. The highest BCUT2D eigenvalue weighted by molar-refractivity contribution is 6.21. The van der Waals surface area contributed by atoms with E-state index >= 15 is 0 Å². The van der Waals surface area contributed by atoms with Crippen LogP contribution in [0, 0.1) is 17.2 Å². The van der Waals surface area contributed by atoms with Gasteiger partial charge in [-0.05, 0) is 124 Å². The average Bonchev–Trinajstić information content (AvgIpc) is 3.64. The highest BCUT2D eigenvalue weighted by atomic mass is 14.6. The third kappa shape index (κ3) is 4.57. The Bertz CT molecular complexity index is 3250. The van der Waals surface area contributed by atoms with Crippen molar-refractivity contribution in [3.63, 3.8) is 0 Å². The van der Waals surface area contributed by atoms with Gasteiger partial charge in [-0.3, -0.25) is 0 Å². The second-order valence-electron chi connectivity index (χ2n) is 16.5. The van der Waals surface area contributed by atoms with E-state index in [0.29, 0.717) is 5.56 Å². The molecule has 9 aromatic rings. The molecule has 3 unspecified atom stereocenters. The van der Waals surface area contributed by atoms with Crippen LogP contribution in [0.4, 0.5) is 0 Å². The Morgan fingerprint density at radius 1 is 0.450 bits per heavy atom. The molecule has 0 saturated heterocycles. The fraction of sp³-hybridized carbons (Fsp3) is 0.0678. The van der Waals surface area contributed by atoms with Crippen molar-refractivity contribution >= 4 is 21.5 Å². The first kappa shape index (κ1) is 34.5. The highest BCUT2D eigenvalue weighted by Gasteiger charge is 2.58. The van der Waals surface area contributed by atoms with Gasteiger partial charge in [0.25, 0.3) is 0 Å². The van der Waals surface area contributed by atoms with E-state index in [2.05, 4.69) is 212 Å². The molecule has 0 bridgehead atoms. The predicted octanol–water partition coefficient (Wildman–Crippen LogP) is 14.3. The lowest BCUT2D eigenvalue weighted by molar-refractivity contribution is 0.424. The molecule has 0 spiro atoms. The molecule has 3 aliphatic carbocycles. The zero-order valence-corrected chi connectivity index (χ0v) is 33.0. The predicted molar refractivity (Wildman–Crippen MR) is 247 cm³/mol. The quantitative estimate of drug-likeness (QED) is 0.160. The second-order valence-corrected chi connectivity index (χ2v) is 16.5. The molecular weight excluding hydrogens is 723 g/mol. The molecule has 9 aromatic carbocycles.